The Balaban J connectivity index is 1.97. The van der Waals surface area contributed by atoms with E-state index in [0.717, 1.165) is 23.2 Å². The van der Waals surface area contributed by atoms with Gasteiger partial charge in [-0.25, -0.2) is 0 Å². The van der Waals surface area contributed by atoms with Crippen molar-refractivity contribution in [3.63, 3.8) is 0 Å². The molecule has 0 aliphatic carbocycles. The first-order chi connectivity index (χ1) is 7.84. The van der Waals surface area contributed by atoms with Crippen LogP contribution in [0.3, 0.4) is 0 Å². The zero-order valence-corrected chi connectivity index (χ0v) is 9.28. The molecule has 3 heteroatoms. The molecule has 16 heavy (non-hydrogen) atoms. The zero-order chi connectivity index (χ0) is 11.0. The quantitative estimate of drug-likeness (QED) is 0.785. The Morgan fingerprint density at radius 3 is 2.88 bits per heavy atom. The summed E-state index contributed by atoms with van der Waals surface area (Å²) in [6, 6.07) is 5.84. The molecule has 2 heterocycles. The molecule has 2 aromatic rings. The number of hydrogen-bond donors (Lipinski definition) is 1. The Bertz CT molecular complexity index is 498. The molecule has 0 unspecified atom stereocenters. The van der Waals surface area contributed by atoms with E-state index in [1.807, 2.05) is 24.5 Å². The van der Waals surface area contributed by atoms with E-state index in [2.05, 4.69) is 4.90 Å². The van der Waals surface area contributed by atoms with E-state index in [1.165, 1.54) is 31.5 Å². The average Bonchev–Trinajstić information content (AvgIpc) is 2.90. The summed E-state index contributed by atoms with van der Waals surface area (Å²) in [7, 11) is 0. The van der Waals surface area contributed by atoms with Gasteiger partial charge >= 0.3 is 0 Å². The number of nitrogen functional groups attached to an aromatic ring is 1. The van der Waals surface area contributed by atoms with E-state index in [9.17, 15) is 0 Å². The predicted octanol–water partition coefficient (Wildman–Crippen LogP) is 2.61. The molecule has 1 aromatic carbocycles. The topological polar surface area (TPSA) is 42.4 Å². The normalized spacial score (nSPS) is 17.2. The number of anilines is 1. The van der Waals surface area contributed by atoms with E-state index in [4.69, 9.17) is 10.2 Å². The van der Waals surface area contributed by atoms with E-state index in [-0.39, 0.29) is 0 Å². The molecule has 3 nitrogen and oxygen atoms in total. The van der Waals surface area contributed by atoms with Gasteiger partial charge in [-0.3, -0.25) is 4.90 Å². The van der Waals surface area contributed by atoms with Gasteiger partial charge in [0.15, 0.2) is 0 Å². The lowest BCUT2D eigenvalue weighted by molar-refractivity contribution is 0.331. The van der Waals surface area contributed by atoms with Crippen LogP contribution in [0.5, 0.6) is 0 Å². The van der Waals surface area contributed by atoms with Crippen molar-refractivity contribution in [1.29, 1.82) is 0 Å². The molecule has 1 aliphatic heterocycles. The molecule has 1 fully saturated rings. The summed E-state index contributed by atoms with van der Waals surface area (Å²) in [5, 5.41) is 1.09. The summed E-state index contributed by atoms with van der Waals surface area (Å²) in [6.07, 6.45) is 4.47. The van der Waals surface area contributed by atoms with Crippen LogP contribution in [0.1, 0.15) is 18.4 Å². The van der Waals surface area contributed by atoms with Gasteiger partial charge < -0.3 is 10.2 Å². The van der Waals surface area contributed by atoms with Gasteiger partial charge in [-0.2, -0.15) is 0 Å². The van der Waals surface area contributed by atoms with Crippen LogP contribution in [0.4, 0.5) is 5.69 Å². The lowest BCUT2D eigenvalue weighted by Crippen LogP contribution is -2.18. The van der Waals surface area contributed by atoms with Crippen molar-refractivity contribution in [2.75, 3.05) is 18.8 Å². The summed E-state index contributed by atoms with van der Waals surface area (Å²) in [5.41, 5.74) is 8.93. The van der Waals surface area contributed by atoms with Crippen LogP contribution in [-0.2, 0) is 6.54 Å². The molecule has 0 radical (unpaired) electrons. The first-order valence-corrected chi connectivity index (χ1v) is 5.81. The summed E-state index contributed by atoms with van der Waals surface area (Å²) in [4.78, 5) is 2.46. The molecule has 0 bridgehead atoms. The molecule has 0 spiro atoms. The molecule has 1 saturated heterocycles. The minimum atomic E-state index is 0.820. The first kappa shape index (κ1) is 9.73. The van der Waals surface area contributed by atoms with E-state index in [1.54, 1.807) is 0 Å². The second-order valence-corrected chi connectivity index (χ2v) is 4.46. The highest BCUT2D eigenvalue weighted by molar-refractivity contribution is 5.92. The number of benzene rings is 1. The fourth-order valence-electron chi connectivity index (χ4n) is 2.48. The van der Waals surface area contributed by atoms with E-state index >= 15 is 0 Å². The second kappa shape index (κ2) is 3.83. The Labute approximate surface area is 94.8 Å². The smallest absolute Gasteiger partial charge is 0.136 e. The summed E-state index contributed by atoms with van der Waals surface area (Å²) < 4.78 is 5.53. The van der Waals surface area contributed by atoms with Crippen molar-refractivity contribution < 1.29 is 4.42 Å². The minimum absolute atomic E-state index is 0.820. The van der Waals surface area contributed by atoms with Crippen molar-refractivity contribution in [3.05, 3.63) is 30.0 Å². The number of hydrogen-bond acceptors (Lipinski definition) is 3. The second-order valence-electron chi connectivity index (χ2n) is 4.46. The van der Waals surface area contributed by atoms with Gasteiger partial charge in [0.25, 0.3) is 0 Å². The van der Waals surface area contributed by atoms with Gasteiger partial charge in [-0.15, -0.1) is 0 Å². The van der Waals surface area contributed by atoms with Gasteiger partial charge in [0, 0.05) is 23.2 Å². The summed E-state index contributed by atoms with van der Waals surface area (Å²) in [6.45, 7) is 3.35. The number of fused-ring (bicyclic) bond motifs is 1. The van der Waals surface area contributed by atoms with Gasteiger partial charge in [-0.1, -0.05) is 6.07 Å². The molecule has 0 saturated carbocycles. The standard InChI is InChI=1S/C13H16N2O/c14-11-4-3-5-12-13(11)10(9-16-12)8-15-6-1-2-7-15/h3-5,9H,1-2,6-8,14H2. The third-order valence-corrected chi connectivity index (χ3v) is 3.30. The van der Waals surface area contributed by atoms with Crippen LogP contribution in [0.2, 0.25) is 0 Å². The Hall–Kier alpha value is -1.48. The number of furan rings is 1. The van der Waals surface area contributed by atoms with Crippen LogP contribution in [0.15, 0.2) is 28.9 Å². The first-order valence-electron chi connectivity index (χ1n) is 5.81. The molecule has 84 valence electrons. The molecule has 1 aliphatic rings. The number of nitrogens with zero attached hydrogens (tertiary/aromatic N) is 1. The van der Waals surface area contributed by atoms with Crippen LogP contribution in [0.25, 0.3) is 11.0 Å². The fourth-order valence-corrected chi connectivity index (χ4v) is 2.48. The van der Waals surface area contributed by atoms with Crippen LogP contribution in [-0.4, -0.2) is 18.0 Å². The lowest BCUT2D eigenvalue weighted by Gasteiger charge is -2.13. The highest BCUT2D eigenvalue weighted by Gasteiger charge is 2.15. The monoisotopic (exact) mass is 216 g/mol. The van der Waals surface area contributed by atoms with Crippen LogP contribution < -0.4 is 5.73 Å². The molecule has 2 N–H and O–H groups in total. The van der Waals surface area contributed by atoms with Gasteiger partial charge in [0.2, 0.25) is 0 Å². The zero-order valence-electron chi connectivity index (χ0n) is 9.28. The third kappa shape index (κ3) is 1.57. The fraction of sp³-hybridized carbons (Fsp3) is 0.385. The van der Waals surface area contributed by atoms with Crippen LogP contribution in [0, 0.1) is 0 Å². The van der Waals surface area contributed by atoms with Crippen molar-refractivity contribution in [1.82, 2.24) is 4.90 Å². The molecule has 0 amide bonds. The van der Waals surface area contributed by atoms with Crippen molar-refractivity contribution in [2.24, 2.45) is 0 Å². The van der Waals surface area contributed by atoms with Gasteiger partial charge in [-0.05, 0) is 38.1 Å². The highest BCUT2D eigenvalue weighted by atomic mass is 16.3. The van der Waals surface area contributed by atoms with Gasteiger partial charge in [0.1, 0.15) is 5.58 Å². The van der Waals surface area contributed by atoms with E-state index in [0.29, 0.717) is 0 Å². The molecule has 1 aromatic heterocycles. The number of likely N-dealkylation sites (tertiary alicyclic amines) is 1. The maximum Gasteiger partial charge on any atom is 0.136 e. The summed E-state index contributed by atoms with van der Waals surface area (Å²) >= 11 is 0. The maximum absolute atomic E-state index is 6.00. The summed E-state index contributed by atoms with van der Waals surface area (Å²) in [5.74, 6) is 0. The molecular weight excluding hydrogens is 200 g/mol. The average molecular weight is 216 g/mol. The van der Waals surface area contributed by atoms with E-state index < -0.39 is 0 Å². The molecular formula is C13H16N2O. The molecule has 3 rings (SSSR count). The predicted molar refractivity (Wildman–Crippen MR) is 65.1 cm³/mol. The number of nitrogens with two attached hydrogens (primary N) is 1. The van der Waals surface area contributed by atoms with Gasteiger partial charge in [0.05, 0.1) is 6.26 Å². The molecule has 0 atom stereocenters. The minimum Gasteiger partial charge on any atom is -0.464 e. The van der Waals surface area contributed by atoms with Crippen LogP contribution >= 0.6 is 0 Å². The number of rotatable bonds is 2. The van der Waals surface area contributed by atoms with Crippen molar-refractivity contribution in [2.45, 2.75) is 19.4 Å². The van der Waals surface area contributed by atoms with Crippen molar-refractivity contribution >= 4 is 16.7 Å². The maximum atomic E-state index is 6.00. The van der Waals surface area contributed by atoms with Crippen molar-refractivity contribution in [3.8, 4) is 0 Å². The third-order valence-electron chi connectivity index (χ3n) is 3.30. The lowest BCUT2D eigenvalue weighted by atomic mass is 10.1. The SMILES string of the molecule is Nc1cccc2occ(CN3CCCC3)c12. The Morgan fingerprint density at radius 1 is 1.25 bits per heavy atom. The largest absolute Gasteiger partial charge is 0.464 e. The Morgan fingerprint density at radius 2 is 2.06 bits per heavy atom. The highest BCUT2D eigenvalue weighted by Crippen LogP contribution is 2.28. The Kier molecular flexibility index (Phi) is 2.33.